The van der Waals surface area contributed by atoms with E-state index in [2.05, 4.69) is 4.99 Å². The number of rotatable bonds is 4. The lowest BCUT2D eigenvalue weighted by Gasteiger charge is -2.04. The molecule has 2 aromatic rings. The third-order valence-corrected chi connectivity index (χ3v) is 5.21. The molecule has 0 bridgehead atoms. The van der Waals surface area contributed by atoms with E-state index in [4.69, 9.17) is 4.74 Å². The van der Waals surface area contributed by atoms with Crippen LogP contribution in [0.2, 0.25) is 0 Å². The number of hydrogen-bond acceptors (Lipinski definition) is 6. The predicted molar refractivity (Wildman–Crippen MR) is 113 cm³/mol. The van der Waals surface area contributed by atoms with Crippen molar-refractivity contribution in [2.75, 3.05) is 6.61 Å². The average Bonchev–Trinajstić information content (AvgIpc) is 2.96. The van der Waals surface area contributed by atoms with Crippen molar-refractivity contribution in [3.8, 4) is 5.75 Å². The minimum Gasteiger partial charge on any atom is -0.507 e. The van der Waals surface area contributed by atoms with Gasteiger partial charge in [-0.2, -0.15) is 0 Å². The fourth-order valence-electron chi connectivity index (χ4n) is 2.67. The molecule has 5 nitrogen and oxygen atoms in total. The highest BCUT2D eigenvalue weighted by atomic mass is 32.2. The molecule has 6 heteroatoms. The zero-order valence-corrected chi connectivity index (χ0v) is 16.7. The van der Waals surface area contributed by atoms with Crippen LogP contribution in [-0.2, 0) is 9.53 Å². The Hall–Kier alpha value is -2.99. The van der Waals surface area contributed by atoms with Gasteiger partial charge in [0, 0.05) is 5.56 Å². The molecule has 1 aliphatic rings. The van der Waals surface area contributed by atoms with E-state index in [-0.39, 0.29) is 23.7 Å². The maximum absolute atomic E-state index is 12.4. The summed E-state index contributed by atoms with van der Waals surface area (Å²) in [5, 5.41) is 21.3. The summed E-state index contributed by atoms with van der Waals surface area (Å²) < 4.78 is 5.10. The van der Waals surface area contributed by atoms with Gasteiger partial charge < -0.3 is 14.9 Å². The summed E-state index contributed by atoms with van der Waals surface area (Å²) in [6, 6.07) is 12.9. The van der Waals surface area contributed by atoms with Gasteiger partial charge in [0.1, 0.15) is 22.1 Å². The number of thioether (sulfide) groups is 1. The van der Waals surface area contributed by atoms with Crippen LogP contribution in [0.15, 0.2) is 63.7 Å². The Morgan fingerprint density at radius 3 is 2.54 bits per heavy atom. The van der Waals surface area contributed by atoms with E-state index in [0.717, 1.165) is 22.9 Å². The second-order valence-electron chi connectivity index (χ2n) is 6.32. The van der Waals surface area contributed by atoms with Gasteiger partial charge in [-0.1, -0.05) is 47.7 Å². The zero-order chi connectivity index (χ0) is 20.3. The number of nitrogens with zero attached hydrogens (tertiary/aromatic N) is 1. The molecule has 0 atom stereocenters. The minimum atomic E-state index is -0.629. The van der Waals surface area contributed by atoms with Crippen molar-refractivity contribution in [3.63, 3.8) is 0 Å². The van der Waals surface area contributed by atoms with Crippen LogP contribution in [0.5, 0.6) is 5.75 Å². The number of aliphatic hydroxyl groups is 1. The molecule has 1 heterocycles. The molecule has 0 spiro atoms. The van der Waals surface area contributed by atoms with E-state index in [0.29, 0.717) is 21.2 Å². The van der Waals surface area contributed by atoms with Gasteiger partial charge in [-0.05, 0) is 44.5 Å². The molecule has 0 saturated heterocycles. The lowest BCUT2D eigenvalue weighted by molar-refractivity contribution is -0.138. The molecular weight excluding hydrogens is 374 g/mol. The molecule has 0 unspecified atom stereocenters. The van der Waals surface area contributed by atoms with Gasteiger partial charge in [0.2, 0.25) is 0 Å². The fourth-order valence-corrected chi connectivity index (χ4v) is 3.69. The number of benzene rings is 2. The highest BCUT2D eigenvalue weighted by Crippen LogP contribution is 2.41. The number of ether oxygens (including phenoxy) is 1. The molecule has 2 aromatic carbocycles. The Morgan fingerprint density at radius 2 is 1.86 bits per heavy atom. The standard InChI is InChI=1S/C22H21NO4S/c1-4-27-22(26)18-20(25)17(12-15-7-5-6-14(3)19(15)24)28-21(18)23-16-10-8-13(2)9-11-16/h5-12,24-25H,4H2,1-3H3. The minimum absolute atomic E-state index is 0.0332. The van der Waals surface area contributed by atoms with Gasteiger partial charge in [0.15, 0.2) is 0 Å². The first-order chi connectivity index (χ1) is 13.4. The van der Waals surface area contributed by atoms with E-state index in [1.54, 1.807) is 32.1 Å². The highest BCUT2D eigenvalue weighted by Gasteiger charge is 2.33. The van der Waals surface area contributed by atoms with Crippen molar-refractivity contribution in [1.29, 1.82) is 0 Å². The van der Waals surface area contributed by atoms with Crippen LogP contribution in [0.3, 0.4) is 0 Å². The summed E-state index contributed by atoms with van der Waals surface area (Å²) >= 11 is 1.16. The third kappa shape index (κ3) is 4.12. The number of phenols is 1. The van der Waals surface area contributed by atoms with Crippen molar-refractivity contribution in [2.45, 2.75) is 20.8 Å². The van der Waals surface area contributed by atoms with Crippen molar-refractivity contribution >= 4 is 34.5 Å². The molecule has 144 valence electrons. The van der Waals surface area contributed by atoms with Crippen molar-refractivity contribution in [1.82, 2.24) is 0 Å². The maximum atomic E-state index is 12.4. The summed E-state index contributed by atoms with van der Waals surface area (Å²) in [6.07, 6.45) is 1.64. The van der Waals surface area contributed by atoms with E-state index in [9.17, 15) is 15.0 Å². The first-order valence-electron chi connectivity index (χ1n) is 8.85. The number of carbonyl (C=O) groups excluding carboxylic acids is 1. The largest absolute Gasteiger partial charge is 0.507 e. The summed E-state index contributed by atoms with van der Waals surface area (Å²) in [5.74, 6) is -0.699. The van der Waals surface area contributed by atoms with E-state index < -0.39 is 5.97 Å². The van der Waals surface area contributed by atoms with Crippen molar-refractivity contribution in [2.24, 2.45) is 4.99 Å². The Morgan fingerprint density at radius 1 is 1.14 bits per heavy atom. The van der Waals surface area contributed by atoms with Crippen LogP contribution < -0.4 is 0 Å². The Balaban J connectivity index is 2.07. The van der Waals surface area contributed by atoms with Crippen LogP contribution in [0.4, 0.5) is 5.69 Å². The lowest BCUT2D eigenvalue weighted by atomic mass is 10.1. The quantitative estimate of drug-likeness (QED) is 0.696. The van der Waals surface area contributed by atoms with E-state index in [1.165, 1.54) is 0 Å². The normalized spacial score (nSPS) is 16.8. The van der Waals surface area contributed by atoms with Crippen LogP contribution in [-0.4, -0.2) is 27.8 Å². The summed E-state index contributed by atoms with van der Waals surface area (Å²) in [5.41, 5.74) is 3.07. The van der Waals surface area contributed by atoms with Gasteiger partial charge in [-0.3, -0.25) is 0 Å². The fraction of sp³-hybridized carbons (Fsp3) is 0.182. The monoisotopic (exact) mass is 395 g/mol. The smallest absolute Gasteiger partial charge is 0.344 e. The van der Waals surface area contributed by atoms with Crippen LogP contribution in [0, 0.1) is 13.8 Å². The number of aromatic hydroxyl groups is 1. The topological polar surface area (TPSA) is 79.1 Å². The second kappa shape index (κ2) is 8.35. The zero-order valence-electron chi connectivity index (χ0n) is 15.9. The molecule has 28 heavy (non-hydrogen) atoms. The van der Waals surface area contributed by atoms with Crippen molar-refractivity contribution in [3.05, 3.63) is 75.4 Å². The van der Waals surface area contributed by atoms with Gasteiger partial charge >= 0.3 is 5.97 Å². The molecule has 0 fully saturated rings. The lowest BCUT2D eigenvalue weighted by Crippen LogP contribution is -2.12. The molecule has 0 aliphatic carbocycles. The first-order valence-corrected chi connectivity index (χ1v) is 9.67. The summed E-state index contributed by atoms with van der Waals surface area (Å²) in [6.45, 7) is 5.67. The Bertz CT molecular complexity index is 1000. The number of esters is 1. The molecule has 3 rings (SSSR count). The van der Waals surface area contributed by atoms with E-state index in [1.807, 2.05) is 37.3 Å². The third-order valence-electron chi connectivity index (χ3n) is 4.19. The second-order valence-corrected chi connectivity index (χ2v) is 7.35. The number of aliphatic hydroxyl groups excluding tert-OH is 1. The number of phenolic OH excluding ortho intramolecular Hbond substituents is 1. The highest BCUT2D eigenvalue weighted by molar-refractivity contribution is 8.18. The first kappa shape index (κ1) is 19.8. The molecule has 2 N–H and O–H groups in total. The summed E-state index contributed by atoms with van der Waals surface area (Å²) in [4.78, 5) is 17.4. The molecular formula is C22H21NO4S. The maximum Gasteiger partial charge on any atom is 0.344 e. The van der Waals surface area contributed by atoms with Gasteiger partial charge in [0.05, 0.1) is 17.2 Å². The van der Waals surface area contributed by atoms with Crippen LogP contribution in [0.25, 0.3) is 6.08 Å². The molecule has 0 aromatic heterocycles. The van der Waals surface area contributed by atoms with E-state index >= 15 is 0 Å². The van der Waals surface area contributed by atoms with Crippen molar-refractivity contribution < 1.29 is 19.7 Å². The van der Waals surface area contributed by atoms with Crippen LogP contribution >= 0.6 is 11.8 Å². The predicted octanol–water partition coefficient (Wildman–Crippen LogP) is 5.20. The SMILES string of the molecule is CCOC(=O)C1=C(O)C(=Cc2cccc(C)c2O)SC1=Nc1ccc(C)cc1. The van der Waals surface area contributed by atoms with Gasteiger partial charge in [-0.25, -0.2) is 9.79 Å². The Kier molecular flexibility index (Phi) is 5.90. The number of aryl methyl sites for hydroxylation is 2. The molecule has 0 radical (unpaired) electrons. The number of hydrogen-bond donors (Lipinski definition) is 2. The molecule has 0 saturated carbocycles. The van der Waals surface area contributed by atoms with Crippen LogP contribution in [0.1, 0.15) is 23.6 Å². The number of carbonyl (C=O) groups is 1. The molecule has 0 amide bonds. The Labute approximate surface area is 168 Å². The average molecular weight is 395 g/mol. The number of aliphatic imine (C=N–C) groups is 1. The van der Waals surface area contributed by atoms with Gasteiger partial charge in [0.25, 0.3) is 0 Å². The number of para-hydroxylation sites is 1. The van der Waals surface area contributed by atoms with Gasteiger partial charge in [-0.15, -0.1) is 0 Å². The summed E-state index contributed by atoms with van der Waals surface area (Å²) in [7, 11) is 0. The molecule has 1 aliphatic heterocycles.